The first-order valence-corrected chi connectivity index (χ1v) is 8.23. The van der Waals surface area contributed by atoms with E-state index in [1.54, 1.807) is 6.07 Å². The van der Waals surface area contributed by atoms with Crippen LogP contribution in [0.2, 0.25) is 5.15 Å². The van der Waals surface area contributed by atoms with Crippen molar-refractivity contribution in [3.8, 4) is 0 Å². The van der Waals surface area contributed by atoms with Gasteiger partial charge >= 0.3 is 0 Å². The third-order valence-electron chi connectivity index (χ3n) is 5.07. The first kappa shape index (κ1) is 13.7. The lowest BCUT2D eigenvalue weighted by molar-refractivity contribution is 0.0540. The molecule has 2 aliphatic heterocycles. The van der Waals surface area contributed by atoms with Crippen LogP contribution in [-0.4, -0.2) is 54.0 Å². The van der Waals surface area contributed by atoms with Gasteiger partial charge in [0.25, 0.3) is 0 Å². The number of likely N-dealkylation sites (tertiary alicyclic amines) is 1. The van der Waals surface area contributed by atoms with Crippen molar-refractivity contribution in [1.82, 2.24) is 15.1 Å². The summed E-state index contributed by atoms with van der Waals surface area (Å²) in [5.74, 6) is 3.24. The molecule has 1 aromatic heterocycles. The molecule has 5 nitrogen and oxygen atoms in total. The molecule has 1 aromatic rings. The van der Waals surface area contributed by atoms with Gasteiger partial charge in [-0.15, -0.1) is 10.2 Å². The highest BCUT2D eigenvalue weighted by Gasteiger charge is 2.55. The van der Waals surface area contributed by atoms with Gasteiger partial charge in [-0.05, 0) is 42.7 Å². The molecular weight excluding hydrogens is 288 g/mol. The monoisotopic (exact) mass is 308 g/mol. The largest absolute Gasteiger partial charge is 0.381 e. The number of nitrogens with zero attached hydrogens (tertiary/aromatic N) is 3. The first-order valence-electron chi connectivity index (χ1n) is 7.85. The summed E-state index contributed by atoms with van der Waals surface area (Å²) < 4.78 is 5.44. The Morgan fingerprint density at radius 3 is 2.62 bits per heavy atom. The molecule has 2 saturated heterocycles. The number of anilines is 1. The van der Waals surface area contributed by atoms with Crippen molar-refractivity contribution < 1.29 is 4.74 Å². The summed E-state index contributed by atoms with van der Waals surface area (Å²) in [5, 5.41) is 11.9. The lowest BCUT2D eigenvalue weighted by atomic mass is 10.00. The maximum absolute atomic E-state index is 5.75. The number of fused-ring (bicyclic) bond motifs is 1. The van der Waals surface area contributed by atoms with E-state index >= 15 is 0 Å². The van der Waals surface area contributed by atoms with E-state index in [4.69, 9.17) is 16.3 Å². The smallest absolute Gasteiger partial charge is 0.151 e. The number of piperidine rings is 1. The third-order valence-corrected chi connectivity index (χ3v) is 5.28. The Bertz CT molecular complexity index is 479. The zero-order chi connectivity index (χ0) is 14.2. The lowest BCUT2D eigenvalue weighted by Crippen LogP contribution is -2.34. The van der Waals surface area contributed by atoms with Crippen molar-refractivity contribution in [2.24, 2.45) is 17.8 Å². The Morgan fingerprint density at radius 2 is 1.95 bits per heavy atom. The molecule has 0 bridgehead atoms. The summed E-state index contributed by atoms with van der Waals surface area (Å²) >= 11 is 5.75. The molecule has 114 valence electrons. The van der Waals surface area contributed by atoms with Crippen molar-refractivity contribution in [3.63, 3.8) is 0 Å². The normalized spacial score (nSPS) is 32.9. The van der Waals surface area contributed by atoms with Crippen LogP contribution in [0.5, 0.6) is 0 Å². The maximum atomic E-state index is 5.75. The van der Waals surface area contributed by atoms with Gasteiger partial charge in [0.05, 0.1) is 0 Å². The molecule has 0 amide bonds. The van der Waals surface area contributed by atoms with Crippen LogP contribution >= 0.6 is 11.6 Å². The van der Waals surface area contributed by atoms with Crippen LogP contribution in [0, 0.1) is 17.8 Å². The Kier molecular flexibility index (Phi) is 3.73. The van der Waals surface area contributed by atoms with Crippen LogP contribution in [0.3, 0.4) is 0 Å². The van der Waals surface area contributed by atoms with E-state index in [9.17, 15) is 0 Å². The standard InChI is InChI=1S/C15H21ClN4O/c16-13-1-2-14(19-18-13)17-15-11-8-20(9-12(11)15)7-10-3-5-21-6-4-10/h1-2,10-12,15H,3-9H2,(H,17,19)/t11-,12+,15?. The van der Waals surface area contributed by atoms with Crippen molar-refractivity contribution in [1.29, 1.82) is 0 Å². The predicted octanol–water partition coefficient (Wildman–Crippen LogP) is 1.90. The molecule has 6 heteroatoms. The molecule has 3 aliphatic rings. The molecule has 0 aromatic carbocycles. The van der Waals surface area contributed by atoms with Gasteiger partial charge in [-0.3, -0.25) is 0 Å². The molecule has 1 saturated carbocycles. The minimum absolute atomic E-state index is 0.444. The molecular formula is C15H21ClN4O. The number of aromatic nitrogens is 2. The second kappa shape index (κ2) is 5.71. The highest BCUT2D eigenvalue weighted by Crippen LogP contribution is 2.47. The van der Waals surface area contributed by atoms with E-state index in [1.807, 2.05) is 6.07 Å². The summed E-state index contributed by atoms with van der Waals surface area (Å²) in [6.45, 7) is 5.60. The van der Waals surface area contributed by atoms with Crippen molar-refractivity contribution in [2.45, 2.75) is 18.9 Å². The summed E-state index contributed by atoms with van der Waals surface area (Å²) in [6.07, 6.45) is 2.46. The molecule has 4 rings (SSSR count). The number of nitrogens with one attached hydrogen (secondary N) is 1. The zero-order valence-electron chi connectivity index (χ0n) is 12.0. The lowest BCUT2D eigenvalue weighted by Gasteiger charge is -2.28. The number of rotatable bonds is 4. The van der Waals surface area contributed by atoms with Crippen LogP contribution in [0.25, 0.3) is 0 Å². The molecule has 1 N–H and O–H groups in total. The highest BCUT2D eigenvalue weighted by atomic mass is 35.5. The van der Waals surface area contributed by atoms with Gasteiger partial charge in [0.15, 0.2) is 5.15 Å². The Morgan fingerprint density at radius 1 is 1.19 bits per heavy atom. The van der Waals surface area contributed by atoms with Gasteiger partial charge in [0, 0.05) is 38.9 Å². The van der Waals surface area contributed by atoms with Gasteiger partial charge in [0.2, 0.25) is 0 Å². The van der Waals surface area contributed by atoms with Crippen LogP contribution < -0.4 is 5.32 Å². The summed E-state index contributed by atoms with van der Waals surface area (Å²) in [4.78, 5) is 2.64. The Balaban J connectivity index is 1.24. The van der Waals surface area contributed by atoms with E-state index in [2.05, 4.69) is 20.4 Å². The van der Waals surface area contributed by atoms with Gasteiger partial charge in [-0.2, -0.15) is 0 Å². The summed E-state index contributed by atoms with van der Waals surface area (Å²) in [7, 11) is 0. The van der Waals surface area contributed by atoms with Crippen LogP contribution in [0.4, 0.5) is 5.82 Å². The zero-order valence-corrected chi connectivity index (χ0v) is 12.8. The minimum Gasteiger partial charge on any atom is -0.381 e. The quantitative estimate of drug-likeness (QED) is 0.920. The van der Waals surface area contributed by atoms with Crippen molar-refractivity contribution >= 4 is 17.4 Å². The van der Waals surface area contributed by atoms with E-state index in [0.717, 1.165) is 36.8 Å². The Hall–Kier alpha value is -0.910. The van der Waals surface area contributed by atoms with Crippen molar-refractivity contribution in [3.05, 3.63) is 17.3 Å². The van der Waals surface area contributed by atoms with Crippen LogP contribution in [0.15, 0.2) is 12.1 Å². The molecule has 3 heterocycles. The molecule has 1 unspecified atom stereocenters. The van der Waals surface area contributed by atoms with Crippen LogP contribution in [0.1, 0.15) is 12.8 Å². The fourth-order valence-electron chi connectivity index (χ4n) is 3.83. The van der Waals surface area contributed by atoms with E-state index in [-0.39, 0.29) is 0 Å². The van der Waals surface area contributed by atoms with Crippen LogP contribution in [-0.2, 0) is 4.74 Å². The van der Waals surface area contributed by atoms with Gasteiger partial charge in [-0.1, -0.05) is 11.6 Å². The number of hydrogen-bond acceptors (Lipinski definition) is 5. The second-order valence-corrected chi connectivity index (χ2v) is 6.90. The molecule has 21 heavy (non-hydrogen) atoms. The fraction of sp³-hybridized carbons (Fsp3) is 0.733. The summed E-state index contributed by atoms with van der Waals surface area (Å²) in [6, 6.07) is 4.27. The van der Waals surface area contributed by atoms with Gasteiger partial charge in [0.1, 0.15) is 5.82 Å². The fourth-order valence-corrected chi connectivity index (χ4v) is 3.94. The van der Waals surface area contributed by atoms with Gasteiger partial charge < -0.3 is 15.0 Å². The minimum atomic E-state index is 0.444. The molecule has 3 atom stereocenters. The van der Waals surface area contributed by atoms with Crippen molar-refractivity contribution in [2.75, 3.05) is 38.2 Å². The SMILES string of the molecule is Clc1ccc(NC2[C@H]3CN(CC4CCOCC4)C[C@@H]23)nn1. The average molecular weight is 309 g/mol. The molecule has 1 aliphatic carbocycles. The topological polar surface area (TPSA) is 50.3 Å². The predicted molar refractivity (Wildman–Crippen MR) is 81.4 cm³/mol. The maximum Gasteiger partial charge on any atom is 0.151 e. The third kappa shape index (κ3) is 3.00. The number of halogens is 1. The van der Waals surface area contributed by atoms with E-state index in [1.165, 1.54) is 32.5 Å². The number of hydrogen-bond donors (Lipinski definition) is 1. The number of ether oxygens (including phenoxy) is 1. The van der Waals surface area contributed by atoms with Gasteiger partial charge in [-0.25, -0.2) is 0 Å². The van der Waals surface area contributed by atoms with E-state index in [0.29, 0.717) is 11.2 Å². The first-order chi connectivity index (χ1) is 10.3. The second-order valence-electron chi connectivity index (χ2n) is 6.51. The summed E-state index contributed by atoms with van der Waals surface area (Å²) in [5.41, 5.74) is 0. The Labute approximate surface area is 130 Å². The molecule has 3 fully saturated rings. The molecule has 0 spiro atoms. The van der Waals surface area contributed by atoms with E-state index < -0.39 is 0 Å². The average Bonchev–Trinajstić information content (AvgIpc) is 2.94. The molecule has 0 radical (unpaired) electrons. The highest BCUT2D eigenvalue weighted by molar-refractivity contribution is 6.29.